The van der Waals surface area contributed by atoms with E-state index in [1.165, 1.54) is 5.56 Å². The van der Waals surface area contributed by atoms with Crippen LogP contribution in [-0.2, 0) is 17.6 Å². The highest BCUT2D eigenvalue weighted by Crippen LogP contribution is 2.37. The number of hydrogen-bond donors (Lipinski definition) is 1. The highest BCUT2D eigenvalue weighted by Gasteiger charge is 2.27. The summed E-state index contributed by atoms with van der Waals surface area (Å²) in [5, 5.41) is 0. The summed E-state index contributed by atoms with van der Waals surface area (Å²) in [5.74, 6) is 0.450. The Balaban J connectivity index is 1.57. The number of rotatable bonds is 6. The predicted octanol–water partition coefficient (Wildman–Crippen LogP) is 3.04. The van der Waals surface area contributed by atoms with Gasteiger partial charge >= 0.3 is 0 Å². The molecule has 0 aromatic heterocycles. The van der Waals surface area contributed by atoms with Crippen molar-refractivity contribution in [1.82, 2.24) is 0 Å². The molecule has 2 aromatic carbocycles. The van der Waals surface area contributed by atoms with E-state index in [0.717, 1.165) is 55.5 Å². The van der Waals surface area contributed by atoms with E-state index in [9.17, 15) is 9.59 Å². The molecule has 0 spiro atoms. The molecule has 0 bridgehead atoms. The molecule has 0 unspecified atom stereocenters. The molecular formula is C22H23NO4. The average molecular weight is 365 g/mol. The van der Waals surface area contributed by atoms with E-state index >= 15 is 0 Å². The Morgan fingerprint density at radius 3 is 2.78 bits per heavy atom. The zero-order valence-corrected chi connectivity index (χ0v) is 15.1. The van der Waals surface area contributed by atoms with Gasteiger partial charge in [0.1, 0.15) is 18.6 Å². The Hall–Kier alpha value is -2.66. The predicted molar refractivity (Wildman–Crippen MR) is 101 cm³/mol. The Morgan fingerprint density at radius 1 is 1.19 bits per heavy atom. The second-order valence-electron chi connectivity index (χ2n) is 7.31. The van der Waals surface area contributed by atoms with Crippen molar-refractivity contribution in [2.24, 2.45) is 5.73 Å². The maximum absolute atomic E-state index is 11.9. The molecule has 1 aliphatic heterocycles. The van der Waals surface area contributed by atoms with Crippen molar-refractivity contribution in [2.75, 3.05) is 13.2 Å². The molecule has 1 saturated heterocycles. The van der Waals surface area contributed by atoms with Crippen LogP contribution in [-0.4, -0.2) is 31.5 Å². The lowest BCUT2D eigenvalue weighted by atomic mass is 9.91. The van der Waals surface area contributed by atoms with Crippen molar-refractivity contribution >= 4 is 12.2 Å². The zero-order valence-electron chi connectivity index (χ0n) is 15.1. The normalized spacial score (nSPS) is 21.0. The van der Waals surface area contributed by atoms with E-state index in [1.807, 2.05) is 24.3 Å². The minimum atomic E-state index is -0.430. The lowest BCUT2D eigenvalue weighted by molar-refractivity contribution is 0.0679. The number of amides is 1. The Morgan fingerprint density at radius 2 is 2.04 bits per heavy atom. The van der Waals surface area contributed by atoms with Crippen LogP contribution < -0.4 is 10.5 Å². The number of ether oxygens (including phenoxy) is 2. The van der Waals surface area contributed by atoms with Gasteiger partial charge in [-0.05, 0) is 72.6 Å². The standard InChI is InChI=1S/C22H23NO4/c23-22(25)20-6-5-18(27-13-19-2-1-7-26-19)11-21(20)17-9-15-4-3-14(12-24)8-16(15)10-17/h3-6,8,11-12,17,19H,1-2,7,9-10,13H2,(H2,23,25)/t17-,19+/m1/s1. The van der Waals surface area contributed by atoms with Crippen molar-refractivity contribution in [2.45, 2.75) is 37.7 Å². The topological polar surface area (TPSA) is 78.6 Å². The summed E-state index contributed by atoms with van der Waals surface area (Å²) in [6, 6.07) is 11.3. The monoisotopic (exact) mass is 365 g/mol. The molecule has 2 aromatic rings. The maximum Gasteiger partial charge on any atom is 0.248 e. The lowest BCUT2D eigenvalue weighted by Crippen LogP contribution is -2.18. The molecule has 2 N–H and O–H groups in total. The van der Waals surface area contributed by atoms with Crippen molar-refractivity contribution in [3.05, 3.63) is 64.2 Å². The molecule has 140 valence electrons. The fourth-order valence-corrected chi connectivity index (χ4v) is 4.09. The summed E-state index contributed by atoms with van der Waals surface area (Å²) in [6.45, 7) is 1.31. The van der Waals surface area contributed by atoms with Gasteiger partial charge in [-0.3, -0.25) is 9.59 Å². The van der Waals surface area contributed by atoms with E-state index < -0.39 is 5.91 Å². The van der Waals surface area contributed by atoms with Crippen molar-refractivity contribution in [3.8, 4) is 5.75 Å². The molecule has 0 radical (unpaired) electrons. The summed E-state index contributed by atoms with van der Waals surface area (Å²) in [7, 11) is 0. The molecule has 1 aliphatic carbocycles. The van der Waals surface area contributed by atoms with Crippen LogP contribution in [0.4, 0.5) is 0 Å². The summed E-state index contributed by atoms with van der Waals surface area (Å²) in [5.41, 5.74) is 10.1. The first-order valence-corrected chi connectivity index (χ1v) is 9.39. The van der Waals surface area contributed by atoms with Gasteiger partial charge in [-0.2, -0.15) is 0 Å². The lowest BCUT2D eigenvalue weighted by Gasteiger charge is -2.17. The third kappa shape index (κ3) is 3.74. The Kier molecular flexibility index (Phi) is 4.94. The molecule has 1 amide bonds. The number of carbonyl (C=O) groups is 2. The second-order valence-corrected chi connectivity index (χ2v) is 7.31. The Bertz CT molecular complexity index is 871. The fraction of sp³-hybridized carbons (Fsp3) is 0.364. The average Bonchev–Trinajstić information content (AvgIpc) is 3.34. The highest BCUT2D eigenvalue weighted by atomic mass is 16.5. The van der Waals surface area contributed by atoms with Gasteiger partial charge in [0.05, 0.1) is 6.10 Å². The van der Waals surface area contributed by atoms with Crippen molar-refractivity contribution in [1.29, 1.82) is 0 Å². The van der Waals surface area contributed by atoms with Gasteiger partial charge in [-0.1, -0.05) is 12.1 Å². The number of benzene rings is 2. The largest absolute Gasteiger partial charge is 0.491 e. The van der Waals surface area contributed by atoms with E-state index in [0.29, 0.717) is 17.7 Å². The highest BCUT2D eigenvalue weighted by molar-refractivity contribution is 5.94. The fourth-order valence-electron chi connectivity index (χ4n) is 4.09. The van der Waals surface area contributed by atoms with Crippen LogP contribution in [0.1, 0.15) is 56.2 Å². The van der Waals surface area contributed by atoms with Crippen molar-refractivity contribution in [3.63, 3.8) is 0 Å². The molecule has 2 aliphatic rings. The molecule has 27 heavy (non-hydrogen) atoms. The minimum absolute atomic E-state index is 0.141. The molecule has 1 fully saturated rings. The number of carbonyl (C=O) groups excluding carboxylic acids is 2. The van der Waals surface area contributed by atoms with Crippen LogP contribution >= 0.6 is 0 Å². The summed E-state index contributed by atoms with van der Waals surface area (Å²) >= 11 is 0. The smallest absolute Gasteiger partial charge is 0.248 e. The Labute approximate surface area is 158 Å². The van der Waals surface area contributed by atoms with Gasteiger partial charge in [0.15, 0.2) is 0 Å². The number of aldehydes is 1. The summed E-state index contributed by atoms with van der Waals surface area (Å²) < 4.78 is 11.5. The van der Waals surface area contributed by atoms with Crippen LogP contribution in [0.5, 0.6) is 5.75 Å². The molecule has 5 nitrogen and oxygen atoms in total. The van der Waals surface area contributed by atoms with Gasteiger partial charge in [0.25, 0.3) is 0 Å². The number of primary amides is 1. The SMILES string of the molecule is NC(=O)c1ccc(OC[C@@H]2CCCO2)cc1[C@@H]1Cc2ccc(C=O)cc2C1. The second kappa shape index (κ2) is 7.53. The van der Waals surface area contributed by atoms with Gasteiger partial charge in [-0.25, -0.2) is 0 Å². The molecule has 2 atom stereocenters. The van der Waals surface area contributed by atoms with Crippen LogP contribution in [0.2, 0.25) is 0 Å². The van der Waals surface area contributed by atoms with Crippen LogP contribution in [0.25, 0.3) is 0 Å². The van der Waals surface area contributed by atoms with Gasteiger partial charge in [0.2, 0.25) is 5.91 Å². The third-order valence-corrected chi connectivity index (χ3v) is 5.49. The molecule has 4 rings (SSSR count). The first-order chi connectivity index (χ1) is 13.1. The van der Waals surface area contributed by atoms with Gasteiger partial charge in [-0.15, -0.1) is 0 Å². The first kappa shape index (κ1) is 17.7. The third-order valence-electron chi connectivity index (χ3n) is 5.49. The quantitative estimate of drug-likeness (QED) is 0.798. The molecule has 5 heteroatoms. The number of fused-ring (bicyclic) bond motifs is 1. The van der Waals surface area contributed by atoms with Gasteiger partial charge < -0.3 is 15.2 Å². The number of hydrogen-bond acceptors (Lipinski definition) is 4. The molecular weight excluding hydrogens is 342 g/mol. The number of nitrogens with two attached hydrogens (primary N) is 1. The minimum Gasteiger partial charge on any atom is -0.491 e. The van der Waals surface area contributed by atoms with Gasteiger partial charge in [0, 0.05) is 17.7 Å². The maximum atomic E-state index is 11.9. The summed E-state index contributed by atoms with van der Waals surface area (Å²) in [6.07, 6.45) is 4.70. The first-order valence-electron chi connectivity index (χ1n) is 9.39. The molecule has 1 heterocycles. The van der Waals surface area contributed by atoms with Crippen molar-refractivity contribution < 1.29 is 19.1 Å². The van der Waals surface area contributed by atoms with Crippen LogP contribution in [0.3, 0.4) is 0 Å². The van der Waals surface area contributed by atoms with E-state index in [4.69, 9.17) is 15.2 Å². The van der Waals surface area contributed by atoms with E-state index in [2.05, 4.69) is 0 Å². The molecule has 0 saturated carbocycles. The zero-order chi connectivity index (χ0) is 18.8. The summed E-state index contributed by atoms with van der Waals surface area (Å²) in [4.78, 5) is 23.0. The van der Waals surface area contributed by atoms with E-state index in [-0.39, 0.29) is 12.0 Å². The van der Waals surface area contributed by atoms with E-state index in [1.54, 1.807) is 12.1 Å². The van der Waals surface area contributed by atoms with Crippen LogP contribution in [0.15, 0.2) is 36.4 Å². The van der Waals surface area contributed by atoms with Crippen LogP contribution in [0, 0.1) is 0 Å².